The predicted molar refractivity (Wildman–Crippen MR) is 228 cm³/mol. The molecule has 3 rings (SSSR count). The van der Waals surface area contributed by atoms with Crippen LogP contribution >= 0.6 is 0 Å². The molecule has 0 aromatic heterocycles. The number of halogens is 1. The number of allylic oxidation sites excluding steroid dienone is 7. The van der Waals surface area contributed by atoms with E-state index in [2.05, 4.69) is 78.3 Å². The van der Waals surface area contributed by atoms with Crippen LogP contribution in [0.15, 0.2) is 66.4 Å². The molecule has 3 heteroatoms. The Kier molecular flexibility index (Phi) is 49.9. The van der Waals surface area contributed by atoms with E-state index in [0.29, 0.717) is 12.0 Å². The minimum atomic E-state index is -0.233. The van der Waals surface area contributed by atoms with Gasteiger partial charge in [0.25, 0.3) is 0 Å². The molecule has 0 heterocycles. The Bertz CT molecular complexity index is 990. The topological polar surface area (TPSA) is 43.1 Å². The second-order valence-corrected chi connectivity index (χ2v) is 12.4. The zero-order chi connectivity index (χ0) is 39.8. The number of Topliss-reactive ketones (excluding diaryl/α,β-unsaturated/α-hetero) is 1. The van der Waals surface area contributed by atoms with Crippen molar-refractivity contribution >= 4 is 5.78 Å². The number of ketones is 1. The molecule has 1 aromatic rings. The number of benzene rings is 1. The highest BCUT2D eigenvalue weighted by Gasteiger charge is 2.15. The highest BCUT2D eigenvalue weighted by Crippen LogP contribution is 2.27. The number of hydrogen-bond acceptors (Lipinski definition) is 2. The zero-order valence-corrected chi connectivity index (χ0v) is 35.5. The van der Waals surface area contributed by atoms with Crippen LogP contribution in [0.3, 0.4) is 0 Å². The number of nitrogens with two attached hydrogens (primary N) is 1. The molecule has 1 unspecified atom stereocenters. The molecule has 50 heavy (non-hydrogen) atoms. The van der Waals surface area contributed by atoms with E-state index in [1.165, 1.54) is 63.0 Å². The molecule has 2 N–H and O–H groups in total. The van der Waals surface area contributed by atoms with Crippen LogP contribution in [-0.2, 0) is 4.79 Å². The van der Waals surface area contributed by atoms with E-state index in [4.69, 9.17) is 5.73 Å². The fourth-order valence-corrected chi connectivity index (χ4v) is 4.36. The Morgan fingerprint density at radius 2 is 1.42 bits per heavy atom. The molecule has 2 nitrogen and oxygen atoms in total. The molecule has 0 bridgehead atoms. The quantitative estimate of drug-likeness (QED) is 0.142. The molecule has 0 aliphatic heterocycles. The van der Waals surface area contributed by atoms with Crippen LogP contribution < -0.4 is 5.73 Å². The molecule has 0 amide bonds. The minimum absolute atomic E-state index is 0.181. The van der Waals surface area contributed by atoms with Crippen molar-refractivity contribution in [1.82, 2.24) is 0 Å². The van der Waals surface area contributed by atoms with Gasteiger partial charge in [-0.2, -0.15) is 0 Å². The van der Waals surface area contributed by atoms with Gasteiger partial charge in [0.15, 0.2) is 0 Å². The van der Waals surface area contributed by atoms with Crippen molar-refractivity contribution in [2.24, 2.45) is 17.6 Å². The molecule has 0 saturated heterocycles. The zero-order valence-electron chi connectivity index (χ0n) is 35.5. The Morgan fingerprint density at radius 3 is 1.82 bits per heavy atom. The average Bonchev–Trinajstić information content (AvgIpc) is 3.93. The molecule has 2 aliphatic carbocycles. The smallest absolute Gasteiger partial charge is 0.140 e. The molecular weight excluding hydrogens is 614 g/mol. The summed E-state index contributed by atoms with van der Waals surface area (Å²) in [6.45, 7) is 29.7. The summed E-state index contributed by atoms with van der Waals surface area (Å²) >= 11 is 0. The second kappa shape index (κ2) is 44.2. The van der Waals surface area contributed by atoms with Gasteiger partial charge in [0.05, 0.1) is 0 Å². The molecule has 0 radical (unpaired) electrons. The molecule has 2 saturated carbocycles. The third-order valence-electron chi connectivity index (χ3n) is 7.51. The van der Waals surface area contributed by atoms with Gasteiger partial charge in [-0.1, -0.05) is 163 Å². The first-order chi connectivity index (χ1) is 24.0. The van der Waals surface area contributed by atoms with E-state index >= 15 is 0 Å². The molecule has 290 valence electrons. The average molecular weight is 698 g/mol. The van der Waals surface area contributed by atoms with Gasteiger partial charge in [-0.05, 0) is 87.5 Å². The summed E-state index contributed by atoms with van der Waals surface area (Å²) in [7, 11) is 0. The van der Waals surface area contributed by atoms with Crippen molar-refractivity contribution < 1.29 is 9.18 Å². The molecule has 2 fully saturated rings. The van der Waals surface area contributed by atoms with Gasteiger partial charge >= 0.3 is 0 Å². The van der Waals surface area contributed by atoms with Crippen LogP contribution in [-0.4, -0.2) is 5.78 Å². The summed E-state index contributed by atoms with van der Waals surface area (Å²) in [5.74, 6) is 1.68. The van der Waals surface area contributed by atoms with E-state index in [0.717, 1.165) is 55.2 Å². The first-order valence-electron chi connectivity index (χ1n) is 20.0. The van der Waals surface area contributed by atoms with Gasteiger partial charge in [0, 0.05) is 18.0 Å². The predicted octanol–water partition coefficient (Wildman–Crippen LogP) is 15.4. The van der Waals surface area contributed by atoms with Crippen LogP contribution in [0.4, 0.5) is 4.39 Å². The van der Waals surface area contributed by atoms with Crippen molar-refractivity contribution in [3.63, 3.8) is 0 Å². The Balaban J connectivity index is -0.000000191. The summed E-state index contributed by atoms with van der Waals surface area (Å²) in [5, 5.41) is 0. The van der Waals surface area contributed by atoms with Crippen LogP contribution in [0.1, 0.15) is 190 Å². The summed E-state index contributed by atoms with van der Waals surface area (Å²) in [6, 6.07) is 5.02. The number of carbonyl (C=O) groups is 1. The first kappa shape index (κ1) is 56.5. The lowest BCUT2D eigenvalue weighted by atomic mass is 9.89. The summed E-state index contributed by atoms with van der Waals surface area (Å²) in [4.78, 5) is 11.6. The Hall–Kier alpha value is -2.86. The third kappa shape index (κ3) is 38.0. The number of hydrogen-bond donors (Lipinski definition) is 1. The van der Waals surface area contributed by atoms with E-state index in [1.54, 1.807) is 19.1 Å². The maximum absolute atomic E-state index is 13.3. The lowest BCUT2D eigenvalue weighted by Crippen LogP contribution is -2.08. The molecule has 1 atom stereocenters. The monoisotopic (exact) mass is 698 g/mol. The van der Waals surface area contributed by atoms with Gasteiger partial charge < -0.3 is 5.73 Å². The maximum atomic E-state index is 13.3. The summed E-state index contributed by atoms with van der Waals surface area (Å²) < 4.78 is 13.3. The van der Waals surface area contributed by atoms with Gasteiger partial charge in [0.2, 0.25) is 0 Å². The minimum Gasteiger partial charge on any atom is -0.402 e. The normalized spacial score (nSPS) is 14.1. The fraction of sp³-hybridized carbons (Fsp3) is 0.638. The van der Waals surface area contributed by atoms with Crippen molar-refractivity contribution in [3.05, 3.63) is 83.4 Å². The van der Waals surface area contributed by atoms with E-state index in [9.17, 15) is 9.18 Å². The van der Waals surface area contributed by atoms with E-state index in [1.807, 2.05) is 54.5 Å². The molecule has 1 aromatic carbocycles. The van der Waals surface area contributed by atoms with Gasteiger partial charge in [0.1, 0.15) is 11.6 Å². The number of carbonyl (C=O) groups excluding carboxylic acids is 1. The van der Waals surface area contributed by atoms with Crippen molar-refractivity contribution in [2.45, 2.75) is 186 Å². The Morgan fingerprint density at radius 1 is 0.940 bits per heavy atom. The summed E-state index contributed by atoms with van der Waals surface area (Å²) in [5.41, 5.74) is 9.81. The van der Waals surface area contributed by atoms with Crippen LogP contribution in [0.25, 0.3) is 0 Å². The number of rotatable bonds is 11. The first-order valence-corrected chi connectivity index (χ1v) is 20.0. The van der Waals surface area contributed by atoms with Gasteiger partial charge in [-0.25, -0.2) is 4.39 Å². The van der Waals surface area contributed by atoms with Crippen molar-refractivity contribution in [1.29, 1.82) is 0 Å². The summed E-state index contributed by atoms with van der Waals surface area (Å²) in [6.07, 6.45) is 35.9. The van der Waals surface area contributed by atoms with Crippen molar-refractivity contribution in [3.8, 4) is 12.8 Å². The highest BCUT2D eigenvalue weighted by atomic mass is 19.1. The lowest BCUT2D eigenvalue weighted by molar-refractivity contribution is -0.120. The Labute approximate surface area is 313 Å². The van der Waals surface area contributed by atoms with E-state index < -0.39 is 0 Å². The maximum Gasteiger partial charge on any atom is 0.140 e. The number of aryl methyl sites for hydroxylation is 1. The number of terminal acetylenes is 1. The molecular formula is C47H84FNO. The SMILES string of the molecule is C#C.C=CC.CC.CC.CC1CC1.CCC.CCC/C(N)=C/C=C(/CC)C/C=C/C1CCCCC1.CCCC(=O)C(C)c1ccc(C)c(F)c1. The second-order valence-electron chi connectivity index (χ2n) is 12.4. The van der Waals surface area contributed by atoms with Crippen molar-refractivity contribution in [2.75, 3.05) is 0 Å². The fourth-order valence-electron chi connectivity index (χ4n) is 4.36. The standard InChI is InChI=1S/C18H31N.C13H17FO.C4H8.C3H8.C3H6.2C2H6.C2H2/c1-3-9-18(19)15-14-16(4-2)12-8-13-17-10-6-5-7-11-17;1-4-5-13(15)10(3)11-7-6-9(2)12(14)8-11;1-4-2-3-4;2*1-3-2;3*1-2/h8,13-15,17H,3-7,9-12,19H2,1-2H3;6-8,10H,4-5H2,1-3H3;4H,2-3H2,1H3;3H2,1-2H3;3H,1H2,2H3;2*1-2H3;1-2H/b13-8+,16-14-,18-15-;;;;;;;. The lowest BCUT2D eigenvalue weighted by Gasteiger charge is -2.17. The van der Waals surface area contributed by atoms with E-state index in [-0.39, 0.29) is 17.5 Å². The van der Waals surface area contributed by atoms with Crippen LogP contribution in [0, 0.1) is 37.4 Å². The highest BCUT2D eigenvalue weighted by molar-refractivity contribution is 5.85. The largest absolute Gasteiger partial charge is 0.402 e. The van der Waals surface area contributed by atoms with Gasteiger partial charge in [-0.3, -0.25) is 4.79 Å². The van der Waals surface area contributed by atoms with Crippen LogP contribution in [0.2, 0.25) is 0 Å². The molecule has 0 spiro atoms. The molecule has 2 aliphatic rings. The third-order valence-corrected chi connectivity index (χ3v) is 7.51. The van der Waals surface area contributed by atoms with Gasteiger partial charge in [-0.15, -0.1) is 19.4 Å². The van der Waals surface area contributed by atoms with Crippen LogP contribution in [0.5, 0.6) is 0 Å².